The normalized spacial score (nSPS) is 12.9. The molecule has 0 spiro atoms. The van der Waals surface area contributed by atoms with Crippen LogP contribution in [0.4, 0.5) is 0 Å². The minimum Gasteiger partial charge on any atom is -0.368 e. The predicted molar refractivity (Wildman–Crippen MR) is 63.1 cm³/mol. The molecule has 0 aromatic rings. The Morgan fingerprint density at radius 3 is 2.57 bits per heavy atom. The summed E-state index contributed by atoms with van der Waals surface area (Å²) >= 11 is 2.02. The molecule has 0 saturated heterocycles. The van der Waals surface area contributed by atoms with E-state index in [0.29, 0.717) is 11.0 Å². The van der Waals surface area contributed by atoms with Gasteiger partial charge in [0.25, 0.3) is 0 Å². The topological polar surface area (TPSA) is 69.6 Å². The Bertz CT molecular complexity index is 164. The van der Waals surface area contributed by atoms with Gasteiger partial charge in [-0.2, -0.15) is 0 Å². The maximum absolute atomic E-state index is 10.8. The molecule has 0 aliphatic carbocycles. The zero-order valence-electron chi connectivity index (χ0n) is 8.37. The van der Waals surface area contributed by atoms with Crippen molar-refractivity contribution < 1.29 is 15.0 Å². The Morgan fingerprint density at radius 2 is 2.07 bits per heavy atom. The minimum absolute atomic E-state index is 0.0563. The summed E-state index contributed by atoms with van der Waals surface area (Å²) in [5.41, 5.74) is 0. The molecule has 1 unspecified atom stereocenters. The molecule has 0 aliphatic heterocycles. The lowest BCUT2D eigenvalue weighted by atomic mass is 10.0. The van der Waals surface area contributed by atoms with Crippen molar-refractivity contribution in [2.75, 3.05) is 11.0 Å². The van der Waals surface area contributed by atoms with Crippen LogP contribution in [-0.4, -0.2) is 33.4 Å². The molecule has 0 radical (unpaired) electrons. The van der Waals surface area contributed by atoms with E-state index in [-0.39, 0.29) is 11.8 Å². The number of hydrogen-bond acceptors (Lipinski definition) is 3. The van der Waals surface area contributed by atoms with E-state index in [1.165, 1.54) is 0 Å². The number of aliphatic hydroxyl groups is 2. The van der Waals surface area contributed by atoms with E-state index in [0.717, 1.165) is 19.3 Å². The van der Waals surface area contributed by atoms with Gasteiger partial charge in [0.1, 0.15) is 0 Å². The fraction of sp³-hybridized carbons (Fsp3) is 0.889. The van der Waals surface area contributed by atoms with E-state index in [1.54, 1.807) is 6.92 Å². The molecule has 4 nitrogen and oxygen atoms in total. The van der Waals surface area contributed by atoms with Crippen LogP contribution >= 0.6 is 22.6 Å². The average Bonchev–Trinajstić information content (AvgIpc) is 2.16. The van der Waals surface area contributed by atoms with Gasteiger partial charge in [0.05, 0.1) is 4.43 Å². The Hall–Kier alpha value is 0.120. The molecule has 0 saturated carbocycles. The monoisotopic (exact) mass is 315 g/mol. The highest BCUT2D eigenvalue weighted by Crippen LogP contribution is 2.09. The summed E-state index contributed by atoms with van der Waals surface area (Å²) in [4.78, 5) is 10.8. The lowest BCUT2D eigenvalue weighted by Gasteiger charge is -2.12. The Kier molecular flexibility index (Phi) is 8.50. The van der Waals surface area contributed by atoms with E-state index >= 15 is 0 Å². The van der Waals surface area contributed by atoms with Crippen molar-refractivity contribution in [2.45, 2.75) is 32.5 Å². The summed E-state index contributed by atoms with van der Waals surface area (Å²) in [6, 6.07) is 0. The summed E-state index contributed by atoms with van der Waals surface area (Å²) in [5, 5.41) is 20.3. The molecular formula is C9H18INO3. The van der Waals surface area contributed by atoms with E-state index in [4.69, 9.17) is 10.2 Å². The average molecular weight is 315 g/mol. The van der Waals surface area contributed by atoms with Gasteiger partial charge < -0.3 is 15.5 Å². The molecular weight excluding hydrogens is 297 g/mol. The maximum Gasteiger partial charge on any atom is 0.229 e. The molecule has 0 heterocycles. The highest BCUT2D eigenvalue weighted by Gasteiger charge is 2.09. The molecule has 1 amide bonds. The molecule has 84 valence electrons. The first kappa shape index (κ1) is 14.1. The van der Waals surface area contributed by atoms with Crippen LogP contribution in [0.5, 0.6) is 0 Å². The number of nitrogens with one attached hydrogen (secondary N) is 1. The SMILES string of the molecule is CC(CCCCNC(=O)CI)C(O)O. The highest BCUT2D eigenvalue weighted by atomic mass is 127. The molecule has 0 aromatic carbocycles. The van der Waals surface area contributed by atoms with E-state index in [2.05, 4.69) is 5.32 Å². The fourth-order valence-corrected chi connectivity index (χ4v) is 1.29. The zero-order valence-corrected chi connectivity index (χ0v) is 10.5. The van der Waals surface area contributed by atoms with E-state index in [9.17, 15) is 4.79 Å². The first-order valence-electron chi connectivity index (χ1n) is 4.76. The van der Waals surface area contributed by atoms with Gasteiger partial charge in [-0.3, -0.25) is 4.79 Å². The van der Waals surface area contributed by atoms with Gasteiger partial charge in [-0.15, -0.1) is 0 Å². The minimum atomic E-state index is -1.22. The molecule has 1 atom stereocenters. The van der Waals surface area contributed by atoms with Gasteiger partial charge in [-0.1, -0.05) is 35.9 Å². The van der Waals surface area contributed by atoms with Gasteiger partial charge in [0.15, 0.2) is 6.29 Å². The molecule has 0 bridgehead atoms. The molecule has 0 fully saturated rings. The summed E-state index contributed by atoms with van der Waals surface area (Å²) in [5.74, 6) is -0.0314. The number of amides is 1. The number of hydrogen-bond donors (Lipinski definition) is 3. The van der Waals surface area contributed by atoms with Crippen LogP contribution in [0.25, 0.3) is 0 Å². The van der Waals surface area contributed by atoms with Crippen LogP contribution < -0.4 is 5.32 Å². The smallest absolute Gasteiger partial charge is 0.229 e. The van der Waals surface area contributed by atoms with Gasteiger partial charge in [0.2, 0.25) is 5.91 Å². The standard InChI is InChI=1S/C9H18INO3/c1-7(9(13)14)4-2-3-5-11-8(12)6-10/h7,9,13-14H,2-6H2,1H3,(H,11,12). The number of carbonyl (C=O) groups is 1. The van der Waals surface area contributed by atoms with Gasteiger partial charge in [-0.25, -0.2) is 0 Å². The molecule has 3 N–H and O–H groups in total. The first-order chi connectivity index (χ1) is 6.57. The summed E-state index contributed by atoms with van der Waals surface area (Å²) < 4.78 is 0.490. The maximum atomic E-state index is 10.8. The van der Waals surface area contributed by atoms with Gasteiger partial charge in [0, 0.05) is 12.5 Å². The van der Waals surface area contributed by atoms with Crippen molar-refractivity contribution in [3.8, 4) is 0 Å². The van der Waals surface area contributed by atoms with Crippen molar-refractivity contribution >= 4 is 28.5 Å². The van der Waals surface area contributed by atoms with Crippen molar-refractivity contribution in [3.05, 3.63) is 0 Å². The lowest BCUT2D eigenvalue weighted by Crippen LogP contribution is -2.25. The van der Waals surface area contributed by atoms with Crippen LogP contribution in [0.2, 0.25) is 0 Å². The predicted octanol–water partition coefficient (Wildman–Crippen LogP) is 0.655. The van der Waals surface area contributed by atoms with Crippen molar-refractivity contribution in [1.82, 2.24) is 5.32 Å². The second kappa shape index (κ2) is 8.43. The summed E-state index contributed by atoms with van der Waals surface area (Å²) in [6.07, 6.45) is 1.34. The van der Waals surface area contributed by atoms with Gasteiger partial charge >= 0.3 is 0 Å². The second-order valence-electron chi connectivity index (χ2n) is 3.37. The van der Waals surface area contributed by atoms with E-state index < -0.39 is 6.29 Å². The number of unbranched alkanes of at least 4 members (excludes halogenated alkanes) is 1. The molecule has 5 heteroatoms. The van der Waals surface area contributed by atoms with E-state index in [1.807, 2.05) is 22.6 Å². The molecule has 0 rings (SSSR count). The lowest BCUT2D eigenvalue weighted by molar-refractivity contribution is -0.118. The molecule has 0 aliphatic rings. The quantitative estimate of drug-likeness (QED) is 0.280. The third kappa shape index (κ3) is 7.52. The van der Waals surface area contributed by atoms with Gasteiger partial charge in [-0.05, 0) is 12.8 Å². The number of alkyl halides is 1. The molecule has 0 aromatic heterocycles. The van der Waals surface area contributed by atoms with Crippen LogP contribution in [-0.2, 0) is 4.79 Å². The van der Waals surface area contributed by atoms with Crippen molar-refractivity contribution in [3.63, 3.8) is 0 Å². The Morgan fingerprint density at radius 1 is 1.43 bits per heavy atom. The number of carbonyl (C=O) groups excluding carboxylic acids is 1. The highest BCUT2D eigenvalue weighted by molar-refractivity contribution is 14.1. The second-order valence-corrected chi connectivity index (χ2v) is 4.13. The van der Waals surface area contributed by atoms with Crippen molar-refractivity contribution in [2.24, 2.45) is 5.92 Å². The summed E-state index contributed by atoms with van der Waals surface area (Å²) in [6.45, 7) is 2.48. The number of halogens is 1. The van der Waals surface area contributed by atoms with Crippen LogP contribution in [0.1, 0.15) is 26.2 Å². The fourth-order valence-electron chi connectivity index (χ4n) is 1.02. The third-order valence-corrected chi connectivity index (χ3v) is 2.73. The van der Waals surface area contributed by atoms with Crippen LogP contribution in [0, 0.1) is 5.92 Å². The largest absolute Gasteiger partial charge is 0.368 e. The Balaban J connectivity index is 3.25. The number of rotatable bonds is 7. The molecule has 14 heavy (non-hydrogen) atoms. The number of aliphatic hydroxyl groups excluding tert-OH is 1. The summed E-state index contributed by atoms with van der Waals surface area (Å²) in [7, 11) is 0. The zero-order chi connectivity index (χ0) is 11.0. The Labute approximate surface area is 98.2 Å². The van der Waals surface area contributed by atoms with Crippen LogP contribution in [0.3, 0.4) is 0 Å². The van der Waals surface area contributed by atoms with Crippen molar-refractivity contribution in [1.29, 1.82) is 0 Å². The first-order valence-corrected chi connectivity index (χ1v) is 6.29. The third-order valence-electron chi connectivity index (χ3n) is 2.04. The van der Waals surface area contributed by atoms with Crippen LogP contribution in [0.15, 0.2) is 0 Å².